The van der Waals surface area contributed by atoms with Crippen LogP contribution in [0.15, 0.2) is 53.1 Å². The molecular weight excluding hydrogens is 342 g/mol. The second-order valence-electron chi connectivity index (χ2n) is 5.54. The Balaban J connectivity index is 1.94. The Kier molecular flexibility index (Phi) is 5.17. The van der Waals surface area contributed by atoms with E-state index in [4.69, 9.17) is 16.3 Å². The van der Waals surface area contributed by atoms with Crippen LogP contribution >= 0.6 is 23.4 Å². The summed E-state index contributed by atoms with van der Waals surface area (Å²) in [4.78, 5) is 13.3. The first-order valence-electron chi connectivity index (χ1n) is 7.69. The number of carbonyl (C=O) groups excluding carboxylic acids is 1. The molecule has 0 bridgehead atoms. The maximum absolute atomic E-state index is 12.6. The molecule has 0 unspecified atom stereocenters. The molecule has 0 aromatic heterocycles. The molecule has 5 heteroatoms. The molecule has 1 aliphatic rings. The van der Waals surface area contributed by atoms with Gasteiger partial charge in [-0.1, -0.05) is 35.9 Å². The molecule has 1 aliphatic heterocycles. The van der Waals surface area contributed by atoms with Crippen molar-refractivity contribution in [1.82, 2.24) is 0 Å². The van der Waals surface area contributed by atoms with Crippen molar-refractivity contribution in [2.45, 2.75) is 13.8 Å². The van der Waals surface area contributed by atoms with Gasteiger partial charge in [-0.25, -0.2) is 0 Å². The van der Waals surface area contributed by atoms with E-state index in [1.807, 2.05) is 56.3 Å². The summed E-state index contributed by atoms with van der Waals surface area (Å²) in [5.41, 5.74) is 3.86. The smallest absolute Gasteiger partial charge is 0.265 e. The number of hydrogen-bond donors (Lipinski definition) is 1. The Bertz CT molecular complexity index is 817. The molecule has 124 valence electrons. The van der Waals surface area contributed by atoms with Gasteiger partial charge in [0.1, 0.15) is 10.7 Å². The van der Waals surface area contributed by atoms with E-state index >= 15 is 0 Å². The van der Waals surface area contributed by atoms with Crippen LogP contribution in [0.1, 0.15) is 12.5 Å². The fraction of sp³-hybridized carbons (Fsp3) is 0.211. The summed E-state index contributed by atoms with van der Waals surface area (Å²) >= 11 is 7.58. The maximum Gasteiger partial charge on any atom is 0.265 e. The van der Waals surface area contributed by atoms with Crippen molar-refractivity contribution in [3.8, 4) is 11.1 Å². The van der Waals surface area contributed by atoms with Gasteiger partial charge in [0.25, 0.3) is 5.91 Å². The van der Waals surface area contributed by atoms with Crippen molar-refractivity contribution in [3.05, 3.63) is 63.7 Å². The van der Waals surface area contributed by atoms with Gasteiger partial charge in [0.2, 0.25) is 0 Å². The molecule has 0 spiro atoms. The molecule has 24 heavy (non-hydrogen) atoms. The van der Waals surface area contributed by atoms with Gasteiger partial charge in [0.05, 0.1) is 6.61 Å². The van der Waals surface area contributed by atoms with Crippen LogP contribution in [0.25, 0.3) is 11.1 Å². The van der Waals surface area contributed by atoms with Gasteiger partial charge in [-0.05, 0) is 43.2 Å². The molecule has 0 aliphatic carbocycles. The lowest BCUT2D eigenvalue weighted by atomic mass is 9.99. The van der Waals surface area contributed by atoms with Crippen LogP contribution < -0.4 is 5.32 Å². The fourth-order valence-electron chi connectivity index (χ4n) is 2.67. The van der Waals surface area contributed by atoms with Crippen LogP contribution in [0, 0.1) is 6.92 Å². The van der Waals surface area contributed by atoms with Crippen LogP contribution in [-0.2, 0) is 9.53 Å². The standard InChI is InChI=1S/C19H18ClNO2S/c1-12-11-14(20)7-8-15(12)16-5-3-4-6-17(16)21-19(22)18-13(2)23-9-10-24-18/h3-8,11H,9-10H2,1-2H3,(H,21,22). The number of para-hydroxylation sites is 1. The fourth-order valence-corrected chi connectivity index (χ4v) is 3.71. The molecule has 2 aromatic carbocycles. The number of allylic oxidation sites excluding steroid dienone is 1. The third kappa shape index (κ3) is 3.60. The van der Waals surface area contributed by atoms with Gasteiger partial charge in [-0.15, -0.1) is 11.8 Å². The summed E-state index contributed by atoms with van der Waals surface area (Å²) in [5, 5.41) is 3.72. The van der Waals surface area contributed by atoms with Crippen molar-refractivity contribution in [3.63, 3.8) is 0 Å². The number of nitrogens with one attached hydrogen (secondary N) is 1. The predicted molar refractivity (Wildman–Crippen MR) is 101 cm³/mol. The number of halogens is 1. The Morgan fingerprint density at radius 2 is 1.96 bits per heavy atom. The van der Waals surface area contributed by atoms with E-state index in [1.165, 1.54) is 11.8 Å². The highest BCUT2D eigenvalue weighted by molar-refractivity contribution is 8.04. The lowest BCUT2D eigenvalue weighted by Gasteiger charge is -2.19. The van der Waals surface area contributed by atoms with E-state index < -0.39 is 0 Å². The molecule has 2 aromatic rings. The van der Waals surface area contributed by atoms with Crippen LogP contribution in [0.2, 0.25) is 5.02 Å². The third-order valence-corrected chi connectivity index (χ3v) is 5.20. The van der Waals surface area contributed by atoms with E-state index in [0.717, 1.165) is 28.1 Å². The van der Waals surface area contributed by atoms with Crippen molar-refractivity contribution in [2.24, 2.45) is 0 Å². The van der Waals surface area contributed by atoms with E-state index in [1.54, 1.807) is 0 Å². The van der Waals surface area contributed by atoms with E-state index in [-0.39, 0.29) is 5.91 Å². The summed E-state index contributed by atoms with van der Waals surface area (Å²) < 4.78 is 5.48. The molecule has 0 fully saturated rings. The van der Waals surface area contributed by atoms with Gasteiger partial charge in [0.15, 0.2) is 0 Å². The van der Waals surface area contributed by atoms with Gasteiger partial charge in [-0.3, -0.25) is 4.79 Å². The zero-order valence-corrected chi connectivity index (χ0v) is 15.1. The number of amides is 1. The van der Waals surface area contributed by atoms with Gasteiger partial charge < -0.3 is 10.1 Å². The molecule has 3 nitrogen and oxygen atoms in total. The highest BCUT2D eigenvalue weighted by atomic mass is 35.5. The predicted octanol–water partition coefficient (Wildman–Crippen LogP) is 5.25. The van der Waals surface area contributed by atoms with E-state index in [9.17, 15) is 4.79 Å². The molecule has 0 atom stereocenters. The summed E-state index contributed by atoms with van der Waals surface area (Å²) in [6.45, 7) is 4.49. The molecule has 1 heterocycles. The topological polar surface area (TPSA) is 38.3 Å². The zero-order valence-electron chi connectivity index (χ0n) is 13.6. The van der Waals surface area contributed by atoms with Gasteiger partial charge in [-0.2, -0.15) is 0 Å². The number of aryl methyl sites for hydroxylation is 1. The first-order chi connectivity index (χ1) is 11.6. The van der Waals surface area contributed by atoms with Gasteiger partial charge in [0, 0.05) is 22.0 Å². The van der Waals surface area contributed by atoms with E-state index in [2.05, 4.69) is 5.32 Å². The molecule has 0 radical (unpaired) electrons. The molecule has 0 saturated heterocycles. The number of ether oxygens (including phenoxy) is 1. The second-order valence-corrected chi connectivity index (χ2v) is 7.08. The number of benzene rings is 2. The summed E-state index contributed by atoms with van der Waals surface area (Å²) in [5.74, 6) is 1.35. The quantitative estimate of drug-likeness (QED) is 0.813. The van der Waals surface area contributed by atoms with Crippen molar-refractivity contribution in [2.75, 3.05) is 17.7 Å². The zero-order chi connectivity index (χ0) is 17.1. The maximum atomic E-state index is 12.6. The number of carbonyl (C=O) groups is 1. The molecule has 1 N–H and O–H groups in total. The Labute approximate surface area is 151 Å². The molecule has 3 rings (SSSR count). The van der Waals surface area contributed by atoms with Crippen molar-refractivity contribution >= 4 is 35.0 Å². The monoisotopic (exact) mass is 359 g/mol. The number of hydrogen-bond acceptors (Lipinski definition) is 3. The van der Waals surface area contributed by atoms with Crippen LogP contribution in [0.4, 0.5) is 5.69 Å². The molecule has 0 saturated carbocycles. The minimum Gasteiger partial charge on any atom is -0.496 e. The number of rotatable bonds is 3. The van der Waals surface area contributed by atoms with E-state index in [0.29, 0.717) is 22.3 Å². The average Bonchev–Trinajstić information content (AvgIpc) is 2.56. The summed E-state index contributed by atoms with van der Waals surface area (Å²) in [7, 11) is 0. The minimum absolute atomic E-state index is 0.128. The Morgan fingerprint density at radius 3 is 2.71 bits per heavy atom. The largest absolute Gasteiger partial charge is 0.496 e. The lowest BCUT2D eigenvalue weighted by molar-refractivity contribution is -0.112. The number of thioether (sulfide) groups is 1. The second kappa shape index (κ2) is 7.32. The van der Waals surface area contributed by atoms with Gasteiger partial charge >= 0.3 is 0 Å². The normalized spacial score (nSPS) is 14.3. The average molecular weight is 360 g/mol. The number of anilines is 1. The lowest BCUT2D eigenvalue weighted by Crippen LogP contribution is -2.18. The Morgan fingerprint density at radius 1 is 1.17 bits per heavy atom. The third-order valence-electron chi connectivity index (χ3n) is 3.83. The molecular formula is C19H18ClNO2S. The summed E-state index contributed by atoms with van der Waals surface area (Å²) in [6.07, 6.45) is 0. The van der Waals surface area contributed by atoms with Crippen molar-refractivity contribution < 1.29 is 9.53 Å². The highest BCUT2D eigenvalue weighted by Gasteiger charge is 2.20. The highest BCUT2D eigenvalue weighted by Crippen LogP contribution is 2.33. The van der Waals surface area contributed by atoms with Crippen molar-refractivity contribution in [1.29, 1.82) is 0 Å². The SMILES string of the molecule is CC1=C(C(=O)Nc2ccccc2-c2ccc(Cl)cc2C)SCCO1. The van der Waals surface area contributed by atoms with Crippen LogP contribution in [0.5, 0.6) is 0 Å². The first kappa shape index (κ1) is 16.9. The minimum atomic E-state index is -0.128. The molecule has 1 amide bonds. The summed E-state index contributed by atoms with van der Waals surface area (Å²) in [6, 6.07) is 13.5. The first-order valence-corrected chi connectivity index (χ1v) is 9.06. The Hall–Kier alpha value is -1.91. The van der Waals surface area contributed by atoms with Crippen LogP contribution in [-0.4, -0.2) is 18.3 Å². The van der Waals surface area contributed by atoms with Crippen LogP contribution in [0.3, 0.4) is 0 Å².